The normalized spacial score (nSPS) is 14.0. The van der Waals surface area contributed by atoms with Gasteiger partial charge in [0.05, 0.1) is 33.0 Å². The molecule has 0 amide bonds. The van der Waals surface area contributed by atoms with E-state index in [9.17, 15) is 0 Å². The molecule has 5 heteroatoms. The third-order valence-electron chi connectivity index (χ3n) is 5.81. The molecule has 0 unspecified atom stereocenters. The van der Waals surface area contributed by atoms with E-state index in [1.165, 1.54) is 27.1 Å². The fraction of sp³-hybridized carbons (Fsp3) is 0.360. The molecule has 30 heavy (non-hydrogen) atoms. The van der Waals surface area contributed by atoms with Gasteiger partial charge in [-0.15, -0.1) is 0 Å². The van der Waals surface area contributed by atoms with Crippen LogP contribution in [0.5, 0.6) is 5.75 Å². The third kappa shape index (κ3) is 4.16. The zero-order valence-electron chi connectivity index (χ0n) is 18.1. The van der Waals surface area contributed by atoms with Crippen LogP contribution in [0.2, 0.25) is 13.1 Å². The van der Waals surface area contributed by atoms with Gasteiger partial charge in [0.1, 0.15) is 20.4 Å². The van der Waals surface area contributed by atoms with Gasteiger partial charge in [-0.2, -0.15) is 0 Å². The molecule has 0 aromatic heterocycles. The number of benzene rings is 3. The van der Waals surface area contributed by atoms with E-state index in [-0.39, 0.29) is 0 Å². The van der Waals surface area contributed by atoms with Crippen molar-refractivity contribution in [2.24, 2.45) is 0 Å². The average Bonchev–Trinajstić information content (AvgIpc) is 3.00. The van der Waals surface area contributed by atoms with Gasteiger partial charge in [0.2, 0.25) is 0 Å². The molecule has 1 aliphatic rings. The smallest absolute Gasteiger partial charge is 0.120 e. The first kappa shape index (κ1) is 21.1. The van der Waals surface area contributed by atoms with Gasteiger partial charge in [0.25, 0.3) is 0 Å². The van der Waals surface area contributed by atoms with Crippen molar-refractivity contribution in [3.8, 4) is 16.9 Å². The summed E-state index contributed by atoms with van der Waals surface area (Å²) >= 11 is 0. The predicted octanol–water partition coefficient (Wildman–Crippen LogP) is 3.70. The molecule has 1 aliphatic heterocycles. The number of hydrogen-bond acceptors (Lipinski definition) is 4. The first-order chi connectivity index (χ1) is 14.6. The van der Waals surface area contributed by atoms with E-state index in [2.05, 4.69) is 67.7 Å². The van der Waals surface area contributed by atoms with Crippen LogP contribution in [0.1, 0.15) is 0 Å². The number of methoxy groups -OCH3 is 1. The van der Waals surface area contributed by atoms with Gasteiger partial charge in [0, 0.05) is 7.11 Å². The Bertz CT molecular complexity index is 1020. The van der Waals surface area contributed by atoms with Gasteiger partial charge in [-0.05, 0) is 44.4 Å². The average molecular weight is 423 g/mol. The molecule has 0 N–H and O–H groups in total. The van der Waals surface area contributed by atoms with Crippen LogP contribution < -0.4 is 15.1 Å². The van der Waals surface area contributed by atoms with E-state index >= 15 is 0 Å². The molecule has 3 aromatic carbocycles. The molecule has 3 aromatic rings. The predicted molar refractivity (Wildman–Crippen MR) is 125 cm³/mol. The largest absolute Gasteiger partial charge is 0.491 e. The van der Waals surface area contributed by atoms with Gasteiger partial charge in [0.15, 0.2) is 0 Å². The van der Waals surface area contributed by atoms with Crippen molar-refractivity contribution in [1.29, 1.82) is 0 Å². The highest BCUT2D eigenvalue weighted by Crippen LogP contribution is 2.33. The van der Waals surface area contributed by atoms with Crippen molar-refractivity contribution in [1.82, 2.24) is 0 Å². The number of ether oxygens (including phenoxy) is 4. The number of rotatable bonds is 10. The van der Waals surface area contributed by atoms with Crippen molar-refractivity contribution >= 4 is 29.2 Å². The maximum absolute atomic E-state index is 5.92. The van der Waals surface area contributed by atoms with Crippen LogP contribution in [0, 0.1) is 0 Å². The van der Waals surface area contributed by atoms with Gasteiger partial charge in [-0.25, -0.2) is 0 Å². The molecule has 0 saturated heterocycles. The molecule has 1 heterocycles. The maximum atomic E-state index is 5.92. The second-order valence-electron chi connectivity index (χ2n) is 8.11. The zero-order valence-corrected chi connectivity index (χ0v) is 19.1. The lowest BCUT2D eigenvalue weighted by Gasteiger charge is -2.21. The maximum Gasteiger partial charge on any atom is 0.120 e. The molecule has 0 fully saturated rings. The molecule has 0 radical (unpaired) electrons. The van der Waals surface area contributed by atoms with Gasteiger partial charge >= 0.3 is 0 Å². The van der Waals surface area contributed by atoms with Crippen LogP contribution in [0.15, 0.2) is 54.6 Å². The summed E-state index contributed by atoms with van der Waals surface area (Å²) in [6, 6.07) is 19.9. The second kappa shape index (κ2) is 9.31. The lowest BCUT2D eigenvalue weighted by Crippen LogP contribution is -2.49. The van der Waals surface area contributed by atoms with Crippen LogP contribution in [-0.2, 0) is 14.2 Å². The van der Waals surface area contributed by atoms with Crippen molar-refractivity contribution in [3.05, 3.63) is 54.6 Å². The Morgan fingerprint density at radius 2 is 1.47 bits per heavy atom. The first-order valence-corrected chi connectivity index (χ1v) is 13.6. The Balaban J connectivity index is 1.40. The summed E-state index contributed by atoms with van der Waals surface area (Å²) in [5, 5.41) is 5.69. The number of hydrogen-bond donors (Lipinski definition) is 0. The molecule has 158 valence electrons. The molecule has 4 rings (SSSR count). The van der Waals surface area contributed by atoms with Gasteiger partial charge in [-0.3, -0.25) is 0 Å². The van der Waals surface area contributed by atoms with Crippen LogP contribution in [0.25, 0.3) is 21.9 Å². The summed E-state index contributed by atoms with van der Waals surface area (Å²) in [6.45, 7) is 8.34. The van der Waals surface area contributed by atoms with E-state index in [1.54, 1.807) is 12.3 Å². The van der Waals surface area contributed by atoms with Crippen LogP contribution in [0.4, 0.5) is 0 Å². The Kier molecular flexibility index (Phi) is 6.54. The minimum Gasteiger partial charge on any atom is -0.491 e. The van der Waals surface area contributed by atoms with E-state index in [0.29, 0.717) is 39.6 Å². The Morgan fingerprint density at radius 3 is 2.27 bits per heavy atom. The Morgan fingerprint density at radius 1 is 0.733 bits per heavy atom. The standard InChI is InChI=1S/C25H30O4Si/c1-26-12-13-27-14-15-28-16-17-29-20-9-11-21-19(18-20)8-10-23-22-6-4-5-7-24(22)30(2,3)25(21)23/h4-11,18H,12-17H2,1-3H3. The SMILES string of the molecule is COCCOCCOCCOc1ccc2c3c(ccc2c1)-c1ccccc1[Si]3(C)C. The molecule has 4 nitrogen and oxygen atoms in total. The summed E-state index contributed by atoms with van der Waals surface area (Å²) in [5.74, 6) is 0.886. The minimum absolute atomic E-state index is 0.528. The second-order valence-corrected chi connectivity index (χ2v) is 12.4. The van der Waals surface area contributed by atoms with E-state index in [4.69, 9.17) is 18.9 Å². The van der Waals surface area contributed by atoms with E-state index in [1.807, 2.05) is 0 Å². The highest BCUT2D eigenvalue weighted by atomic mass is 28.3. The summed E-state index contributed by atoms with van der Waals surface area (Å²) in [6.07, 6.45) is 0. The first-order valence-electron chi connectivity index (χ1n) is 10.6. The van der Waals surface area contributed by atoms with Crippen molar-refractivity contribution in [2.75, 3.05) is 46.8 Å². The van der Waals surface area contributed by atoms with E-state index < -0.39 is 8.07 Å². The summed E-state index contributed by atoms with van der Waals surface area (Å²) in [7, 11) is -0.0307. The lowest BCUT2D eigenvalue weighted by atomic mass is 10.0. The van der Waals surface area contributed by atoms with Crippen molar-refractivity contribution in [3.63, 3.8) is 0 Å². The molecule has 0 saturated carbocycles. The quantitative estimate of drug-likeness (QED) is 0.369. The van der Waals surface area contributed by atoms with Crippen LogP contribution in [0.3, 0.4) is 0 Å². The molecule has 0 bridgehead atoms. The topological polar surface area (TPSA) is 36.9 Å². The Hall–Kier alpha value is -2.18. The molecular formula is C25H30O4Si. The fourth-order valence-electron chi connectivity index (χ4n) is 4.38. The van der Waals surface area contributed by atoms with Crippen LogP contribution in [-0.4, -0.2) is 54.8 Å². The molecule has 0 aliphatic carbocycles. The Labute approximate surface area is 179 Å². The highest BCUT2D eigenvalue weighted by molar-refractivity contribution is 7.05. The lowest BCUT2D eigenvalue weighted by molar-refractivity contribution is 0.0180. The van der Waals surface area contributed by atoms with Gasteiger partial charge < -0.3 is 18.9 Å². The third-order valence-corrected chi connectivity index (χ3v) is 9.38. The van der Waals surface area contributed by atoms with Gasteiger partial charge in [-0.1, -0.05) is 55.6 Å². The van der Waals surface area contributed by atoms with Crippen molar-refractivity contribution < 1.29 is 18.9 Å². The highest BCUT2D eigenvalue weighted by Gasteiger charge is 2.38. The van der Waals surface area contributed by atoms with E-state index in [0.717, 1.165) is 5.75 Å². The molecule has 0 atom stereocenters. The molecule has 0 spiro atoms. The fourth-order valence-corrected chi connectivity index (χ4v) is 7.84. The zero-order chi connectivity index (χ0) is 21.0. The monoisotopic (exact) mass is 422 g/mol. The van der Waals surface area contributed by atoms with Crippen LogP contribution >= 0.6 is 0 Å². The molecular weight excluding hydrogens is 392 g/mol. The summed E-state index contributed by atoms with van der Waals surface area (Å²) in [5.41, 5.74) is 2.82. The minimum atomic E-state index is -1.70. The number of fused-ring (bicyclic) bond motifs is 5. The summed E-state index contributed by atoms with van der Waals surface area (Å²) in [4.78, 5) is 0. The van der Waals surface area contributed by atoms with Crippen molar-refractivity contribution in [2.45, 2.75) is 13.1 Å². The summed E-state index contributed by atoms with van der Waals surface area (Å²) < 4.78 is 21.8.